The van der Waals surface area contributed by atoms with Crippen LogP contribution < -0.4 is 0 Å². The summed E-state index contributed by atoms with van der Waals surface area (Å²) in [6.45, 7) is 1.95. The number of aryl methyl sites for hydroxylation is 1. The first-order valence-corrected chi connectivity index (χ1v) is 5.59. The van der Waals surface area contributed by atoms with Gasteiger partial charge < -0.3 is 5.11 Å². The fourth-order valence-corrected chi connectivity index (χ4v) is 1.69. The van der Waals surface area contributed by atoms with Gasteiger partial charge >= 0.3 is 5.97 Å². The van der Waals surface area contributed by atoms with Crippen molar-refractivity contribution in [2.45, 2.75) is 6.92 Å². The molecule has 0 radical (unpaired) electrons. The van der Waals surface area contributed by atoms with Gasteiger partial charge in [-0.2, -0.15) is 0 Å². The molecular weight excluding hydrogens is 226 g/mol. The van der Waals surface area contributed by atoms with Gasteiger partial charge in [0.05, 0.1) is 5.57 Å². The van der Waals surface area contributed by atoms with Gasteiger partial charge in [-0.1, -0.05) is 30.3 Å². The fraction of sp³-hybridized carbons (Fsp3) is 0.0667. The van der Waals surface area contributed by atoms with Crippen LogP contribution in [0.4, 0.5) is 0 Å². The summed E-state index contributed by atoms with van der Waals surface area (Å²) in [5, 5.41) is 9.28. The Morgan fingerprint density at radius 2 is 2.00 bits per heavy atom. The Labute approximate surface area is 105 Å². The Bertz CT molecular complexity index is 588. The van der Waals surface area contributed by atoms with Gasteiger partial charge in [0.1, 0.15) is 0 Å². The molecule has 1 heterocycles. The van der Waals surface area contributed by atoms with Gasteiger partial charge in [-0.3, -0.25) is 4.98 Å². The second kappa shape index (κ2) is 5.27. The van der Waals surface area contributed by atoms with Crippen molar-refractivity contribution < 1.29 is 9.90 Å². The predicted octanol–water partition coefficient (Wildman–Crippen LogP) is 3.02. The molecule has 18 heavy (non-hydrogen) atoms. The molecule has 0 atom stereocenters. The van der Waals surface area contributed by atoms with Crippen molar-refractivity contribution >= 4 is 17.6 Å². The molecule has 0 bridgehead atoms. The van der Waals surface area contributed by atoms with Gasteiger partial charge in [0, 0.05) is 18.0 Å². The van der Waals surface area contributed by atoms with Crippen molar-refractivity contribution in [2.75, 3.05) is 0 Å². The van der Waals surface area contributed by atoms with E-state index in [0.717, 1.165) is 11.1 Å². The lowest BCUT2D eigenvalue weighted by molar-refractivity contribution is -0.130. The van der Waals surface area contributed by atoms with Crippen LogP contribution in [0.3, 0.4) is 0 Å². The molecule has 1 aromatic heterocycles. The highest BCUT2D eigenvalue weighted by Gasteiger charge is 2.10. The third kappa shape index (κ3) is 2.63. The van der Waals surface area contributed by atoms with Crippen LogP contribution in [0.1, 0.15) is 16.7 Å². The lowest BCUT2D eigenvalue weighted by Crippen LogP contribution is -2.00. The molecule has 2 rings (SSSR count). The SMILES string of the molecule is Cc1ccccc1C=C(C(=O)O)c1cccnc1. The molecule has 3 heteroatoms. The fourth-order valence-electron chi connectivity index (χ4n) is 1.69. The number of carbonyl (C=O) groups is 1. The number of aliphatic carboxylic acids is 1. The first-order valence-electron chi connectivity index (χ1n) is 5.59. The van der Waals surface area contributed by atoms with Gasteiger partial charge in [-0.15, -0.1) is 0 Å². The standard InChI is InChI=1S/C15H13NO2/c1-11-5-2-3-6-12(11)9-14(15(17)18)13-7-4-8-16-10-13/h2-10H,1H3,(H,17,18). The molecule has 1 N–H and O–H groups in total. The average Bonchev–Trinajstić information content (AvgIpc) is 2.38. The smallest absolute Gasteiger partial charge is 0.336 e. The predicted molar refractivity (Wildman–Crippen MR) is 70.9 cm³/mol. The average molecular weight is 239 g/mol. The van der Waals surface area contributed by atoms with E-state index in [1.54, 1.807) is 30.6 Å². The molecule has 3 nitrogen and oxygen atoms in total. The van der Waals surface area contributed by atoms with Crippen LogP contribution in [0, 0.1) is 6.92 Å². The summed E-state index contributed by atoms with van der Waals surface area (Å²) in [5.41, 5.74) is 2.80. The van der Waals surface area contributed by atoms with E-state index in [-0.39, 0.29) is 5.57 Å². The highest BCUT2D eigenvalue weighted by molar-refractivity contribution is 6.20. The largest absolute Gasteiger partial charge is 0.478 e. The number of aromatic nitrogens is 1. The maximum Gasteiger partial charge on any atom is 0.336 e. The number of nitrogens with zero attached hydrogens (tertiary/aromatic N) is 1. The molecule has 0 aliphatic rings. The van der Waals surface area contributed by atoms with Crippen LogP contribution in [0.15, 0.2) is 48.8 Å². The Balaban J connectivity index is 2.50. The van der Waals surface area contributed by atoms with Crippen LogP contribution >= 0.6 is 0 Å². The van der Waals surface area contributed by atoms with Crippen molar-refractivity contribution in [3.8, 4) is 0 Å². The Hall–Kier alpha value is -2.42. The molecule has 90 valence electrons. The van der Waals surface area contributed by atoms with Crippen molar-refractivity contribution in [1.29, 1.82) is 0 Å². The first-order chi connectivity index (χ1) is 8.68. The van der Waals surface area contributed by atoms with Crippen LogP contribution in [-0.4, -0.2) is 16.1 Å². The van der Waals surface area contributed by atoms with E-state index in [0.29, 0.717) is 5.56 Å². The van der Waals surface area contributed by atoms with Gasteiger partial charge in [0.2, 0.25) is 0 Å². The molecule has 0 aliphatic carbocycles. The number of hydrogen-bond acceptors (Lipinski definition) is 2. The highest BCUT2D eigenvalue weighted by Crippen LogP contribution is 2.19. The van der Waals surface area contributed by atoms with Crippen molar-refractivity contribution in [1.82, 2.24) is 4.98 Å². The van der Waals surface area contributed by atoms with E-state index in [1.807, 2.05) is 31.2 Å². The zero-order valence-corrected chi connectivity index (χ0v) is 10.00. The van der Waals surface area contributed by atoms with Gasteiger partial charge in [0.15, 0.2) is 0 Å². The van der Waals surface area contributed by atoms with E-state index >= 15 is 0 Å². The zero-order valence-electron chi connectivity index (χ0n) is 10.00. The number of rotatable bonds is 3. The monoisotopic (exact) mass is 239 g/mol. The Morgan fingerprint density at radius 1 is 1.22 bits per heavy atom. The molecular formula is C15H13NO2. The van der Waals surface area contributed by atoms with Crippen LogP contribution in [0.5, 0.6) is 0 Å². The highest BCUT2D eigenvalue weighted by atomic mass is 16.4. The molecule has 0 fully saturated rings. The molecule has 0 saturated heterocycles. The van der Waals surface area contributed by atoms with Gasteiger partial charge in [-0.25, -0.2) is 4.79 Å². The van der Waals surface area contributed by atoms with Crippen LogP contribution in [-0.2, 0) is 4.79 Å². The van der Waals surface area contributed by atoms with E-state index < -0.39 is 5.97 Å². The normalized spacial score (nSPS) is 11.3. The molecule has 0 aliphatic heterocycles. The Morgan fingerprint density at radius 3 is 2.61 bits per heavy atom. The zero-order chi connectivity index (χ0) is 13.0. The van der Waals surface area contributed by atoms with Crippen LogP contribution in [0.25, 0.3) is 11.6 Å². The third-order valence-electron chi connectivity index (χ3n) is 2.69. The minimum atomic E-state index is -0.953. The molecule has 2 aromatic rings. The number of carboxylic acids is 1. The van der Waals surface area contributed by atoms with Crippen LogP contribution in [0.2, 0.25) is 0 Å². The maximum absolute atomic E-state index is 11.3. The molecule has 0 amide bonds. The molecule has 1 aromatic carbocycles. The van der Waals surface area contributed by atoms with E-state index in [1.165, 1.54) is 0 Å². The maximum atomic E-state index is 11.3. The Kier molecular flexibility index (Phi) is 3.53. The number of carboxylic acid groups (broad SMARTS) is 1. The minimum Gasteiger partial charge on any atom is -0.478 e. The quantitative estimate of drug-likeness (QED) is 0.837. The molecule has 0 spiro atoms. The van der Waals surface area contributed by atoms with E-state index in [9.17, 15) is 9.90 Å². The lowest BCUT2D eigenvalue weighted by atomic mass is 10.0. The summed E-state index contributed by atoms with van der Waals surface area (Å²) in [4.78, 5) is 15.3. The molecule has 0 unspecified atom stereocenters. The topological polar surface area (TPSA) is 50.2 Å². The summed E-state index contributed by atoms with van der Waals surface area (Å²) in [7, 11) is 0. The second-order valence-electron chi connectivity index (χ2n) is 3.96. The number of hydrogen-bond donors (Lipinski definition) is 1. The first kappa shape index (κ1) is 12.0. The molecule has 0 saturated carbocycles. The summed E-state index contributed by atoms with van der Waals surface area (Å²) >= 11 is 0. The summed E-state index contributed by atoms with van der Waals surface area (Å²) in [5.74, 6) is -0.953. The van der Waals surface area contributed by atoms with Gasteiger partial charge in [-0.05, 0) is 30.2 Å². The summed E-state index contributed by atoms with van der Waals surface area (Å²) < 4.78 is 0. The van der Waals surface area contributed by atoms with E-state index in [4.69, 9.17) is 0 Å². The second-order valence-corrected chi connectivity index (χ2v) is 3.96. The number of benzene rings is 1. The minimum absolute atomic E-state index is 0.248. The van der Waals surface area contributed by atoms with E-state index in [2.05, 4.69) is 4.98 Å². The summed E-state index contributed by atoms with van der Waals surface area (Å²) in [6.07, 6.45) is 4.85. The third-order valence-corrected chi connectivity index (χ3v) is 2.69. The van der Waals surface area contributed by atoms with Crippen molar-refractivity contribution in [2.24, 2.45) is 0 Å². The van der Waals surface area contributed by atoms with Crippen molar-refractivity contribution in [3.05, 3.63) is 65.5 Å². The number of pyridine rings is 1. The van der Waals surface area contributed by atoms with Gasteiger partial charge in [0.25, 0.3) is 0 Å². The lowest BCUT2D eigenvalue weighted by Gasteiger charge is -2.04. The van der Waals surface area contributed by atoms with Crippen molar-refractivity contribution in [3.63, 3.8) is 0 Å². The summed E-state index contributed by atoms with van der Waals surface area (Å²) in [6, 6.07) is 11.1.